The molecule has 3 rings (SSSR count). The first kappa shape index (κ1) is 13.9. The summed E-state index contributed by atoms with van der Waals surface area (Å²) in [5, 5.41) is 5.19. The Morgan fingerprint density at radius 3 is 2.52 bits per heavy atom. The van der Waals surface area contributed by atoms with Crippen LogP contribution in [0.15, 0.2) is 48.7 Å². The van der Waals surface area contributed by atoms with Gasteiger partial charge in [0.1, 0.15) is 17.2 Å². The Balaban J connectivity index is 2.10. The number of benzene rings is 2. The minimum atomic E-state index is -0.374. The van der Waals surface area contributed by atoms with Gasteiger partial charge in [0.2, 0.25) is 0 Å². The average molecular weight is 322 g/mol. The second-order valence-electron chi connectivity index (χ2n) is 4.46. The fourth-order valence-corrected chi connectivity index (χ4v) is 2.31. The number of anilines is 1. The summed E-state index contributed by atoms with van der Waals surface area (Å²) in [6.45, 7) is 0. The van der Waals surface area contributed by atoms with E-state index in [4.69, 9.17) is 28.9 Å². The van der Waals surface area contributed by atoms with E-state index in [1.54, 1.807) is 42.6 Å². The molecule has 2 aromatic carbocycles. The predicted molar refractivity (Wildman–Crippen MR) is 83.4 cm³/mol. The first-order valence-corrected chi connectivity index (χ1v) is 6.87. The maximum atomic E-state index is 13.8. The lowest BCUT2D eigenvalue weighted by Gasteiger charge is -2.03. The Hall–Kier alpha value is -2.04. The minimum Gasteiger partial charge on any atom is -0.396 e. The molecule has 2 N–H and O–H groups in total. The van der Waals surface area contributed by atoms with Crippen molar-refractivity contribution in [2.75, 3.05) is 5.73 Å². The number of hydrogen-bond acceptors (Lipinski definition) is 2. The van der Waals surface area contributed by atoms with E-state index in [1.165, 1.54) is 10.7 Å². The Morgan fingerprint density at radius 2 is 1.81 bits per heavy atom. The van der Waals surface area contributed by atoms with Crippen molar-refractivity contribution in [3.05, 3.63) is 64.5 Å². The third kappa shape index (κ3) is 2.60. The largest absolute Gasteiger partial charge is 0.396 e. The molecule has 0 fully saturated rings. The molecule has 6 heteroatoms. The highest BCUT2D eigenvalue weighted by molar-refractivity contribution is 6.42. The first-order valence-electron chi connectivity index (χ1n) is 6.12. The summed E-state index contributed by atoms with van der Waals surface area (Å²) in [5.41, 5.74) is 7.97. The van der Waals surface area contributed by atoms with Crippen LogP contribution < -0.4 is 5.73 Å². The Labute approximate surface area is 130 Å². The molecule has 0 spiro atoms. The Morgan fingerprint density at radius 1 is 1.05 bits per heavy atom. The van der Waals surface area contributed by atoms with Gasteiger partial charge in [-0.3, -0.25) is 0 Å². The van der Waals surface area contributed by atoms with E-state index >= 15 is 0 Å². The second-order valence-corrected chi connectivity index (χ2v) is 5.27. The SMILES string of the molecule is Nc1cn(-c2ccccc2F)nc1-c1ccc(Cl)c(Cl)c1. The lowest BCUT2D eigenvalue weighted by molar-refractivity contribution is 0.611. The molecule has 3 nitrogen and oxygen atoms in total. The summed E-state index contributed by atoms with van der Waals surface area (Å²) in [6, 6.07) is 11.4. The number of nitrogens with zero attached hydrogens (tertiary/aromatic N) is 2. The predicted octanol–water partition coefficient (Wildman–Crippen LogP) is 4.57. The van der Waals surface area contributed by atoms with Crippen molar-refractivity contribution in [2.24, 2.45) is 0 Å². The van der Waals surface area contributed by atoms with Gasteiger partial charge in [-0.05, 0) is 24.3 Å². The van der Waals surface area contributed by atoms with Crippen LogP contribution >= 0.6 is 23.2 Å². The molecule has 3 aromatic rings. The Kier molecular flexibility index (Phi) is 3.57. The van der Waals surface area contributed by atoms with Crippen molar-refractivity contribution in [2.45, 2.75) is 0 Å². The molecule has 0 radical (unpaired) electrons. The maximum Gasteiger partial charge on any atom is 0.148 e. The maximum absolute atomic E-state index is 13.8. The number of hydrogen-bond donors (Lipinski definition) is 1. The van der Waals surface area contributed by atoms with E-state index in [0.29, 0.717) is 27.1 Å². The molecule has 106 valence electrons. The van der Waals surface area contributed by atoms with E-state index in [-0.39, 0.29) is 5.82 Å². The van der Waals surface area contributed by atoms with Gasteiger partial charge in [-0.2, -0.15) is 5.10 Å². The van der Waals surface area contributed by atoms with Gasteiger partial charge in [0, 0.05) is 5.56 Å². The molecule has 1 aromatic heterocycles. The summed E-state index contributed by atoms with van der Waals surface area (Å²) in [5.74, 6) is -0.374. The monoisotopic (exact) mass is 321 g/mol. The van der Waals surface area contributed by atoms with Crippen molar-refractivity contribution < 1.29 is 4.39 Å². The molecular formula is C15H10Cl2FN3. The number of rotatable bonds is 2. The third-order valence-electron chi connectivity index (χ3n) is 3.03. The van der Waals surface area contributed by atoms with Crippen molar-refractivity contribution in [1.82, 2.24) is 9.78 Å². The first-order chi connectivity index (χ1) is 10.1. The van der Waals surface area contributed by atoms with Gasteiger partial charge in [-0.15, -0.1) is 0 Å². The smallest absolute Gasteiger partial charge is 0.148 e. The molecule has 0 aliphatic heterocycles. The quantitative estimate of drug-likeness (QED) is 0.751. The molecular weight excluding hydrogens is 312 g/mol. The fraction of sp³-hybridized carbons (Fsp3) is 0. The van der Waals surface area contributed by atoms with Crippen molar-refractivity contribution in [3.63, 3.8) is 0 Å². The molecule has 0 atom stereocenters. The summed E-state index contributed by atoms with van der Waals surface area (Å²) in [4.78, 5) is 0. The Bertz CT molecular complexity index is 814. The number of nitrogen functional groups attached to an aromatic ring is 1. The molecule has 0 amide bonds. The lowest BCUT2D eigenvalue weighted by Crippen LogP contribution is -1.98. The van der Waals surface area contributed by atoms with Gasteiger partial charge >= 0.3 is 0 Å². The van der Waals surface area contributed by atoms with Crippen LogP contribution in [0.5, 0.6) is 0 Å². The fourth-order valence-electron chi connectivity index (χ4n) is 2.02. The van der Waals surface area contributed by atoms with Crippen LogP contribution in [0.2, 0.25) is 10.0 Å². The molecule has 1 heterocycles. The molecule has 0 aliphatic rings. The van der Waals surface area contributed by atoms with Crippen molar-refractivity contribution >= 4 is 28.9 Å². The second kappa shape index (κ2) is 5.39. The minimum absolute atomic E-state index is 0.329. The van der Waals surface area contributed by atoms with Crippen LogP contribution in [-0.2, 0) is 0 Å². The van der Waals surface area contributed by atoms with Gasteiger partial charge in [0.15, 0.2) is 0 Å². The highest BCUT2D eigenvalue weighted by Crippen LogP contribution is 2.31. The molecule has 0 bridgehead atoms. The topological polar surface area (TPSA) is 43.8 Å². The number of para-hydroxylation sites is 1. The molecule has 0 saturated heterocycles. The van der Waals surface area contributed by atoms with Crippen LogP contribution in [0.25, 0.3) is 16.9 Å². The van der Waals surface area contributed by atoms with Gasteiger partial charge in [0.25, 0.3) is 0 Å². The molecule has 0 saturated carbocycles. The lowest BCUT2D eigenvalue weighted by atomic mass is 10.1. The zero-order valence-corrected chi connectivity index (χ0v) is 12.2. The number of nitrogens with two attached hydrogens (primary N) is 1. The molecule has 0 aliphatic carbocycles. The average Bonchev–Trinajstić information content (AvgIpc) is 2.84. The number of halogens is 3. The standard InChI is InChI=1S/C15H10Cl2FN3/c16-10-6-5-9(7-11(10)17)15-13(19)8-21(20-15)14-4-2-1-3-12(14)18/h1-8H,19H2. The highest BCUT2D eigenvalue weighted by atomic mass is 35.5. The van der Waals surface area contributed by atoms with E-state index in [1.807, 2.05) is 0 Å². The van der Waals surface area contributed by atoms with Gasteiger partial charge in [0.05, 0.1) is 21.9 Å². The van der Waals surface area contributed by atoms with Crippen LogP contribution in [0.3, 0.4) is 0 Å². The molecule has 21 heavy (non-hydrogen) atoms. The van der Waals surface area contributed by atoms with Gasteiger partial charge in [-0.1, -0.05) is 41.4 Å². The zero-order valence-electron chi connectivity index (χ0n) is 10.7. The normalized spacial score (nSPS) is 10.8. The van der Waals surface area contributed by atoms with Crippen LogP contribution in [0.1, 0.15) is 0 Å². The van der Waals surface area contributed by atoms with E-state index < -0.39 is 0 Å². The van der Waals surface area contributed by atoms with Gasteiger partial charge < -0.3 is 5.73 Å². The number of aromatic nitrogens is 2. The van der Waals surface area contributed by atoms with Gasteiger partial charge in [-0.25, -0.2) is 9.07 Å². The summed E-state index contributed by atoms with van der Waals surface area (Å²) in [7, 11) is 0. The summed E-state index contributed by atoms with van der Waals surface area (Å²) < 4.78 is 15.2. The van der Waals surface area contributed by atoms with Crippen LogP contribution in [0, 0.1) is 5.82 Å². The summed E-state index contributed by atoms with van der Waals surface area (Å²) in [6.07, 6.45) is 1.57. The van der Waals surface area contributed by atoms with Crippen molar-refractivity contribution in [3.8, 4) is 16.9 Å². The summed E-state index contributed by atoms with van der Waals surface area (Å²) >= 11 is 11.9. The highest BCUT2D eigenvalue weighted by Gasteiger charge is 2.13. The van der Waals surface area contributed by atoms with Crippen LogP contribution in [-0.4, -0.2) is 9.78 Å². The van der Waals surface area contributed by atoms with Crippen LogP contribution in [0.4, 0.5) is 10.1 Å². The zero-order chi connectivity index (χ0) is 15.0. The van der Waals surface area contributed by atoms with E-state index in [0.717, 1.165) is 5.56 Å². The molecule has 0 unspecified atom stereocenters. The van der Waals surface area contributed by atoms with E-state index in [2.05, 4.69) is 5.10 Å². The van der Waals surface area contributed by atoms with Crippen molar-refractivity contribution in [1.29, 1.82) is 0 Å². The third-order valence-corrected chi connectivity index (χ3v) is 3.77. The van der Waals surface area contributed by atoms with E-state index in [9.17, 15) is 4.39 Å².